The summed E-state index contributed by atoms with van der Waals surface area (Å²) in [6.07, 6.45) is 0.413. The van der Waals surface area contributed by atoms with E-state index in [0.717, 1.165) is 0 Å². The van der Waals surface area contributed by atoms with Crippen LogP contribution in [-0.4, -0.2) is 88.9 Å². The number of carboxylic acid groups (broad SMARTS) is 1. The highest BCUT2D eigenvalue weighted by Gasteiger charge is 2.28. The number of carbonyl (C=O) groups excluding carboxylic acids is 4. The van der Waals surface area contributed by atoms with Crippen LogP contribution in [0.3, 0.4) is 0 Å². The van der Waals surface area contributed by atoms with Gasteiger partial charge in [0.25, 0.3) is 0 Å². The fraction of sp³-hybridized carbons (Fsp3) is 0.667. The fourth-order valence-electron chi connectivity index (χ4n) is 2.40. The van der Waals surface area contributed by atoms with Gasteiger partial charge in [-0.3, -0.25) is 24.2 Å². The summed E-state index contributed by atoms with van der Waals surface area (Å²) in [5, 5.41) is 18.6. The normalized spacial score (nSPS) is 15.0. The smallest absolute Gasteiger partial charge is 0.327 e. The van der Waals surface area contributed by atoms with E-state index in [4.69, 9.17) is 22.3 Å². The molecule has 194 valence electrons. The second-order valence-electron chi connectivity index (χ2n) is 7.34. The van der Waals surface area contributed by atoms with Crippen molar-refractivity contribution < 1.29 is 29.1 Å². The minimum atomic E-state index is -1.28. The number of nitrogens with two attached hydrogens (primary N) is 3. The number of amides is 4. The van der Waals surface area contributed by atoms with Crippen LogP contribution in [0.2, 0.25) is 0 Å². The molecule has 11 N–H and O–H groups in total. The third kappa shape index (κ3) is 11.9. The summed E-state index contributed by atoms with van der Waals surface area (Å²) in [6.45, 7) is 2.94. The molecule has 16 heteroatoms. The number of rotatable bonds is 15. The van der Waals surface area contributed by atoms with Gasteiger partial charge >= 0.3 is 5.97 Å². The molecule has 0 radical (unpaired) electrons. The van der Waals surface area contributed by atoms with Crippen molar-refractivity contribution in [2.75, 3.05) is 18.1 Å². The average Bonchev–Trinajstić information content (AvgIpc) is 2.77. The van der Waals surface area contributed by atoms with Gasteiger partial charge < -0.3 is 43.6 Å². The van der Waals surface area contributed by atoms with Gasteiger partial charge in [0.1, 0.15) is 24.2 Å². The summed E-state index contributed by atoms with van der Waals surface area (Å²) >= 11 is 7.78. The van der Waals surface area contributed by atoms with Crippen LogP contribution in [0.25, 0.3) is 0 Å². The summed E-state index contributed by atoms with van der Waals surface area (Å²) < 4.78 is 0. The van der Waals surface area contributed by atoms with Gasteiger partial charge in [0.15, 0.2) is 5.96 Å². The second-order valence-corrected chi connectivity index (χ2v) is 8.07. The summed E-state index contributed by atoms with van der Waals surface area (Å²) in [7, 11) is 0. The Morgan fingerprint density at radius 3 is 1.76 bits per heavy atom. The number of aliphatic carboxylic acids is 1. The van der Waals surface area contributed by atoms with Crippen LogP contribution in [0.5, 0.6) is 0 Å². The standard InChI is InChI=1S/C18H34N8O6S2/c1-8(23-15(29)10(19)6-33)13(27)25-11(4-3-5-22-18(20)21)16(30)24-9(2)14(28)26-12(7-34)17(31)32/h8-12,33-34H,3-7,19H2,1-2H3,(H,23,29)(H,24,30)(H,25,27)(H,26,28)(H,31,32)(H4,20,21,22)/t8-,9-,10-,11-,12-/m0/s1. The quantitative estimate of drug-likeness (QED) is 0.0439. The maximum atomic E-state index is 12.8. The Morgan fingerprint density at radius 2 is 1.32 bits per heavy atom. The first-order valence-corrected chi connectivity index (χ1v) is 11.6. The van der Waals surface area contributed by atoms with Gasteiger partial charge in [-0.05, 0) is 26.7 Å². The van der Waals surface area contributed by atoms with Crippen LogP contribution in [0, 0.1) is 0 Å². The average molecular weight is 523 g/mol. The van der Waals surface area contributed by atoms with Crippen molar-refractivity contribution in [2.24, 2.45) is 22.2 Å². The predicted molar refractivity (Wildman–Crippen MR) is 132 cm³/mol. The van der Waals surface area contributed by atoms with E-state index in [1.54, 1.807) is 0 Å². The molecule has 0 fully saturated rings. The molecule has 4 amide bonds. The lowest BCUT2D eigenvalue weighted by Gasteiger charge is -2.24. The molecular formula is C18H34N8O6S2. The maximum absolute atomic E-state index is 12.8. The highest BCUT2D eigenvalue weighted by atomic mass is 32.1. The van der Waals surface area contributed by atoms with E-state index in [9.17, 15) is 24.0 Å². The molecule has 0 heterocycles. The molecule has 0 aromatic rings. The Hall–Kier alpha value is -2.72. The summed E-state index contributed by atoms with van der Waals surface area (Å²) in [5.74, 6) is -4.19. The van der Waals surface area contributed by atoms with Gasteiger partial charge in [-0.25, -0.2) is 4.79 Å². The topological polar surface area (TPSA) is 244 Å². The van der Waals surface area contributed by atoms with Crippen LogP contribution >= 0.6 is 25.3 Å². The summed E-state index contributed by atoms with van der Waals surface area (Å²) in [4.78, 5) is 64.3. The zero-order valence-corrected chi connectivity index (χ0v) is 20.8. The number of hydrogen-bond acceptors (Lipinski definition) is 9. The van der Waals surface area contributed by atoms with Gasteiger partial charge in [-0.1, -0.05) is 0 Å². The molecule has 0 spiro atoms. The molecule has 0 aliphatic heterocycles. The van der Waals surface area contributed by atoms with Crippen LogP contribution in [-0.2, 0) is 24.0 Å². The van der Waals surface area contributed by atoms with Gasteiger partial charge in [0.05, 0.1) is 6.04 Å². The Balaban J connectivity index is 5.24. The van der Waals surface area contributed by atoms with Gasteiger partial charge in [0.2, 0.25) is 23.6 Å². The first-order chi connectivity index (χ1) is 15.8. The molecule has 0 aliphatic rings. The number of guanidine groups is 1. The molecule has 0 bridgehead atoms. The molecule has 0 aromatic heterocycles. The van der Waals surface area contributed by atoms with Gasteiger partial charge in [0, 0.05) is 18.1 Å². The summed E-state index contributed by atoms with van der Waals surface area (Å²) in [5.41, 5.74) is 16.1. The van der Waals surface area contributed by atoms with E-state index in [-0.39, 0.29) is 30.4 Å². The largest absolute Gasteiger partial charge is 0.480 e. The van der Waals surface area contributed by atoms with Crippen molar-refractivity contribution in [3.8, 4) is 0 Å². The van der Waals surface area contributed by atoms with Crippen molar-refractivity contribution >= 4 is 60.8 Å². The molecule has 0 aromatic carbocycles. The number of thiol groups is 2. The summed E-state index contributed by atoms with van der Waals surface area (Å²) in [6, 6.07) is -5.38. The van der Waals surface area contributed by atoms with Crippen LogP contribution < -0.4 is 38.5 Å². The van der Waals surface area contributed by atoms with Crippen LogP contribution in [0.4, 0.5) is 0 Å². The highest BCUT2D eigenvalue weighted by molar-refractivity contribution is 7.80. The number of carboxylic acids is 1. The van der Waals surface area contributed by atoms with E-state index >= 15 is 0 Å². The first kappa shape index (κ1) is 31.3. The van der Waals surface area contributed by atoms with E-state index in [1.807, 2.05) is 0 Å². The minimum absolute atomic E-state index is 0.0753. The third-order valence-electron chi connectivity index (χ3n) is 4.41. The molecule has 0 unspecified atom stereocenters. The van der Waals surface area contributed by atoms with Crippen molar-refractivity contribution in [3.63, 3.8) is 0 Å². The van der Waals surface area contributed by atoms with Crippen LogP contribution in [0.15, 0.2) is 4.99 Å². The SMILES string of the molecule is C[C@H](NC(=O)[C@H](CCCN=C(N)N)NC(=O)[C@H](C)NC(=O)[C@@H](N)CS)C(=O)N[C@@H](CS)C(=O)O. The second kappa shape index (κ2) is 16.0. The molecule has 14 nitrogen and oxygen atoms in total. The number of nitrogens with zero attached hydrogens (tertiary/aromatic N) is 1. The zero-order valence-electron chi connectivity index (χ0n) is 19.0. The molecule has 0 aliphatic carbocycles. The molecule has 0 saturated carbocycles. The fourth-order valence-corrected chi connectivity index (χ4v) is 2.81. The first-order valence-electron chi connectivity index (χ1n) is 10.3. The van der Waals surface area contributed by atoms with Gasteiger partial charge in [-0.15, -0.1) is 0 Å². The number of carbonyl (C=O) groups is 5. The number of aliphatic imine (C=N–C) groups is 1. The number of hydrogen-bond donors (Lipinski definition) is 10. The maximum Gasteiger partial charge on any atom is 0.327 e. The van der Waals surface area contributed by atoms with Crippen LogP contribution in [0.1, 0.15) is 26.7 Å². The Bertz CT molecular complexity index is 765. The minimum Gasteiger partial charge on any atom is -0.480 e. The number of nitrogens with one attached hydrogen (secondary N) is 4. The Morgan fingerprint density at radius 1 is 0.824 bits per heavy atom. The molecule has 0 saturated heterocycles. The monoisotopic (exact) mass is 522 g/mol. The van der Waals surface area contributed by atoms with Crippen molar-refractivity contribution in [1.29, 1.82) is 0 Å². The van der Waals surface area contributed by atoms with E-state index in [2.05, 4.69) is 51.5 Å². The highest BCUT2D eigenvalue weighted by Crippen LogP contribution is 2.02. The Labute approximate surface area is 208 Å². The lowest BCUT2D eigenvalue weighted by atomic mass is 10.1. The van der Waals surface area contributed by atoms with Crippen molar-refractivity contribution in [1.82, 2.24) is 21.3 Å². The Kier molecular flexibility index (Phi) is 14.7. The van der Waals surface area contributed by atoms with E-state index < -0.39 is 59.8 Å². The molecule has 5 atom stereocenters. The lowest BCUT2D eigenvalue weighted by molar-refractivity contribution is -0.141. The van der Waals surface area contributed by atoms with Crippen molar-refractivity contribution in [3.05, 3.63) is 0 Å². The van der Waals surface area contributed by atoms with Crippen molar-refractivity contribution in [2.45, 2.75) is 56.9 Å². The predicted octanol–water partition coefficient (Wildman–Crippen LogP) is -3.71. The third-order valence-corrected chi connectivity index (χ3v) is 5.17. The molecule has 34 heavy (non-hydrogen) atoms. The lowest BCUT2D eigenvalue weighted by Crippen LogP contribution is -2.57. The van der Waals surface area contributed by atoms with Gasteiger partial charge in [-0.2, -0.15) is 25.3 Å². The molecular weight excluding hydrogens is 488 g/mol. The zero-order chi connectivity index (χ0) is 26.4. The molecule has 0 rings (SSSR count). The van der Waals surface area contributed by atoms with E-state index in [1.165, 1.54) is 13.8 Å². The van der Waals surface area contributed by atoms with E-state index in [0.29, 0.717) is 6.42 Å².